The second-order valence-electron chi connectivity index (χ2n) is 10.3. The van der Waals surface area contributed by atoms with Gasteiger partial charge in [0.2, 0.25) is 5.91 Å². The van der Waals surface area contributed by atoms with E-state index in [2.05, 4.69) is 15.2 Å². The van der Waals surface area contributed by atoms with Gasteiger partial charge < -0.3 is 40.1 Å². The normalized spacial score (nSPS) is 13.0. The van der Waals surface area contributed by atoms with E-state index in [1.165, 1.54) is 21.6 Å². The third kappa shape index (κ3) is 11.1. The van der Waals surface area contributed by atoms with E-state index in [9.17, 15) is 24.1 Å². The van der Waals surface area contributed by atoms with Crippen LogP contribution in [0.3, 0.4) is 0 Å². The molecular formula is C31H35N2O11PS2. The molecule has 4 rings (SSSR count). The van der Waals surface area contributed by atoms with Gasteiger partial charge in [-0.3, -0.25) is 9.32 Å². The van der Waals surface area contributed by atoms with Crippen LogP contribution in [0.4, 0.5) is 4.79 Å². The van der Waals surface area contributed by atoms with E-state index in [0.717, 1.165) is 32.7 Å². The number of carboxylic acids is 1. The summed E-state index contributed by atoms with van der Waals surface area (Å²) in [6, 6.07) is 20.0. The number of carbonyl (C=O) groups is 3. The smallest absolute Gasteiger partial charge is 0.469 e. The first-order valence-electron chi connectivity index (χ1n) is 14.5. The first-order valence-corrected chi connectivity index (χ1v) is 18.3. The summed E-state index contributed by atoms with van der Waals surface area (Å²) in [5.74, 6) is -1.80. The zero-order chi connectivity index (χ0) is 33.8. The highest BCUT2D eigenvalue weighted by Gasteiger charge is 2.30. The fourth-order valence-electron chi connectivity index (χ4n) is 4.94. The largest absolute Gasteiger partial charge is 0.480 e. The maximum atomic E-state index is 13.1. The summed E-state index contributed by atoms with van der Waals surface area (Å²) in [6.45, 7) is -1.09. The van der Waals surface area contributed by atoms with Gasteiger partial charge in [-0.25, -0.2) is 14.2 Å². The Bertz CT molecular complexity index is 1560. The van der Waals surface area contributed by atoms with E-state index in [4.69, 9.17) is 24.4 Å². The molecule has 0 aromatic heterocycles. The Hall–Kier alpha value is -3.40. The van der Waals surface area contributed by atoms with Crippen LogP contribution in [0.25, 0.3) is 11.1 Å². The number of aliphatic hydroxyl groups is 1. The Morgan fingerprint density at radius 2 is 1.64 bits per heavy atom. The average molecular weight is 707 g/mol. The number of fused-ring (bicyclic) bond motifs is 3. The topological polar surface area (TPSA) is 201 Å². The molecule has 2 amide bonds. The molecule has 0 fully saturated rings. The lowest BCUT2D eigenvalue weighted by Crippen LogP contribution is -2.49. The maximum Gasteiger partial charge on any atom is 0.469 e. The van der Waals surface area contributed by atoms with Gasteiger partial charge in [-0.05, 0) is 45.9 Å². The highest BCUT2D eigenvalue weighted by atomic mass is 33.1. The van der Waals surface area contributed by atoms with E-state index in [-0.39, 0.29) is 38.0 Å². The van der Waals surface area contributed by atoms with E-state index in [0.29, 0.717) is 12.0 Å². The van der Waals surface area contributed by atoms with Gasteiger partial charge in [0.05, 0.1) is 19.8 Å². The van der Waals surface area contributed by atoms with Crippen molar-refractivity contribution in [2.24, 2.45) is 0 Å². The minimum absolute atomic E-state index is 0.0384. The lowest BCUT2D eigenvalue weighted by atomic mass is 9.98. The summed E-state index contributed by atoms with van der Waals surface area (Å²) in [7, 11) is -2.14. The van der Waals surface area contributed by atoms with Gasteiger partial charge in [0.25, 0.3) is 0 Å². The second kappa shape index (κ2) is 17.7. The molecule has 16 heteroatoms. The average Bonchev–Trinajstić information content (AvgIpc) is 3.37. The molecule has 1 aliphatic rings. The summed E-state index contributed by atoms with van der Waals surface area (Å²) in [4.78, 5) is 55.5. The van der Waals surface area contributed by atoms with Gasteiger partial charge in [-0.1, -0.05) is 82.3 Å². The molecule has 0 radical (unpaired) electrons. The molecule has 1 atom stereocenters. The monoisotopic (exact) mass is 706 g/mol. The summed E-state index contributed by atoms with van der Waals surface area (Å²) < 4.78 is 26.1. The number of alkyl carbamates (subject to hydrolysis) is 1. The number of hydrogen-bond donors (Lipinski definition) is 6. The molecule has 0 bridgehead atoms. The Balaban J connectivity index is 1.39. The van der Waals surface area contributed by atoms with Crippen molar-refractivity contribution < 1.29 is 52.9 Å². The summed E-state index contributed by atoms with van der Waals surface area (Å²) >= 11 is 0. The first-order chi connectivity index (χ1) is 22.6. The maximum absolute atomic E-state index is 13.1. The molecule has 0 saturated carbocycles. The number of benzene rings is 3. The Morgan fingerprint density at radius 3 is 2.28 bits per heavy atom. The fourth-order valence-corrected chi connectivity index (χ4v) is 7.71. The number of aliphatic hydroxyl groups excluding tert-OH is 1. The van der Waals surface area contributed by atoms with Crippen LogP contribution in [-0.4, -0.2) is 82.7 Å². The molecule has 0 aliphatic heterocycles. The number of nitrogens with one attached hydrogen (secondary N) is 2. The van der Waals surface area contributed by atoms with E-state index >= 15 is 0 Å². The van der Waals surface area contributed by atoms with Crippen LogP contribution in [0.1, 0.15) is 28.2 Å². The summed E-state index contributed by atoms with van der Waals surface area (Å²) in [5.41, 5.74) is 5.67. The highest BCUT2D eigenvalue weighted by molar-refractivity contribution is 8.76. The number of phosphoric ester groups is 1. The number of rotatable bonds is 18. The third-order valence-electron chi connectivity index (χ3n) is 7.05. The van der Waals surface area contributed by atoms with Gasteiger partial charge in [0.1, 0.15) is 19.3 Å². The highest BCUT2D eigenvalue weighted by Crippen LogP contribution is 2.44. The molecule has 6 N–H and O–H groups in total. The first kappa shape index (κ1) is 36.4. The number of carboxylic acid groups (broad SMARTS) is 1. The number of ether oxygens (including phenoxy) is 2. The van der Waals surface area contributed by atoms with Crippen molar-refractivity contribution in [1.29, 1.82) is 0 Å². The van der Waals surface area contributed by atoms with Crippen LogP contribution < -0.4 is 10.6 Å². The predicted octanol–water partition coefficient (Wildman–Crippen LogP) is 3.70. The lowest BCUT2D eigenvalue weighted by molar-refractivity contribution is -0.142. The molecule has 0 spiro atoms. The molecule has 0 heterocycles. The summed E-state index contributed by atoms with van der Waals surface area (Å²) in [6.07, 6.45) is -0.432. The Labute approximate surface area is 279 Å². The number of amides is 2. The van der Waals surface area contributed by atoms with Gasteiger partial charge in [-0.15, -0.1) is 0 Å². The van der Waals surface area contributed by atoms with Crippen LogP contribution >= 0.6 is 29.4 Å². The van der Waals surface area contributed by atoms with E-state index in [1.54, 1.807) is 18.2 Å². The van der Waals surface area contributed by atoms with E-state index in [1.807, 2.05) is 48.5 Å². The fraction of sp³-hybridized carbons (Fsp3) is 0.323. The van der Waals surface area contributed by atoms with Crippen molar-refractivity contribution in [3.8, 4) is 11.1 Å². The number of phosphoric acid groups is 1. The Morgan fingerprint density at radius 1 is 0.957 bits per heavy atom. The molecular weight excluding hydrogens is 671 g/mol. The quantitative estimate of drug-likeness (QED) is 0.0636. The standard InChI is InChI=1S/C31H35N2O11PS2/c34-16-20-9-10-28(21(15-20)11-13-42-18-29(35)36)47-46-19-27(30(37)32-12-14-44-45(39,40)41)33-31(38)43-17-26-24-7-3-1-5-22(24)23-6-2-4-8-25(23)26/h1-10,15,26-27,34H,11-14,16-19H2,(H,32,37)(H,33,38)(H,35,36)(H2,39,40,41). The molecule has 13 nitrogen and oxygen atoms in total. The van der Waals surface area contributed by atoms with E-state index < -0.39 is 45.0 Å². The van der Waals surface area contributed by atoms with Crippen molar-refractivity contribution in [1.82, 2.24) is 10.6 Å². The molecule has 0 saturated heterocycles. The molecule has 1 unspecified atom stereocenters. The SMILES string of the molecule is O=C(O)COCCc1cc(CO)ccc1SSCC(NC(=O)OCC1c2ccccc2-c2ccccc21)C(=O)NCCOP(=O)(O)O. The molecule has 3 aromatic carbocycles. The predicted molar refractivity (Wildman–Crippen MR) is 176 cm³/mol. The zero-order valence-electron chi connectivity index (χ0n) is 25.1. The zero-order valence-corrected chi connectivity index (χ0v) is 27.6. The number of aliphatic carboxylic acids is 1. The van der Waals surface area contributed by atoms with Crippen molar-refractivity contribution in [2.75, 3.05) is 38.7 Å². The summed E-state index contributed by atoms with van der Waals surface area (Å²) in [5, 5.41) is 23.5. The van der Waals surface area contributed by atoms with Gasteiger partial charge in [0.15, 0.2) is 0 Å². The number of carbonyl (C=O) groups excluding carboxylic acids is 2. The van der Waals surface area contributed by atoms with Crippen molar-refractivity contribution in [3.63, 3.8) is 0 Å². The molecule has 252 valence electrons. The van der Waals surface area contributed by atoms with Crippen LogP contribution in [0, 0.1) is 0 Å². The Kier molecular flexibility index (Phi) is 13.7. The molecule has 47 heavy (non-hydrogen) atoms. The van der Waals surface area contributed by atoms with Crippen molar-refractivity contribution >= 4 is 47.4 Å². The molecule has 1 aliphatic carbocycles. The molecule has 3 aromatic rings. The van der Waals surface area contributed by atoms with Crippen molar-refractivity contribution in [2.45, 2.75) is 29.9 Å². The van der Waals surface area contributed by atoms with Crippen LogP contribution in [-0.2, 0) is 41.2 Å². The van der Waals surface area contributed by atoms with Gasteiger partial charge >= 0.3 is 19.9 Å². The van der Waals surface area contributed by atoms with Crippen LogP contribution in [0.15, 0.2) is 71.6 Å². The van der Waals surface area contributed by atoms with Crippen molar-refractivity contribution in [3.05, 3.63) is 89.0 Å². The van der Waals surface area contributed by atoms with Gasteiger partial charge in [0, 0.05) is 23.1 Å². The van der Waals surface area contributed by atoms with Gasteiger partial charge in [-0.2, -0.15) is 0 Å². The lowest BCUT2D eigenvalue weighted by Gasteiger charge is -2.20. The third-order valence-corrected chi connectivity index (χ3v) is 10.0. The van der Waals surface area contributed by atoms with Crippen LogP contribution in [0.2, 0.25) is 0 Å². The minimum Gasteiger partial charge on any atom is -0.480 e. The second-order valence-corrected chi connectivity index (χ2v) is 13.9. The minimum atomic E-state index is -4.72. The number of hydrogen-bond acceptors (Lipinski definition) is 10. The van der Waals surface area contributed by atoms with Crippen LogP contribution in [0.5, 0.6) is 0 Å².